The molecule has 0 amide bonds. The van der Waals surface area contributed by atoms with Gasteiger partial charge in [-0.3, -0.25) is 0 Å². The number of likely N-dealkylation sites (N-methyl/N-ethyl adjacent to an activating group) is 1. The van der Waals surface area contributed by atoms with E-state index in [4.69, 9.17) is 0 Å². The minimum absolute atomic E-state index is 0.166. The molecule has 6 nitrogen and oxygen atoms in total. The summed E-state index contributed by atoms with van der Waals surface area (Å²) in [5.74, 6) is 0. The molecule has 2 rings (SSSR count). The van der Waals surface area contributed by atoms with E-state index < -0.39 is 10.0 Å². The number of sulfonamides is 1. The van der Waals surface area contributed by atoms with Gasteiger partial charge in [0.25, 0.3) is 10.0 Å². The Bertz CT molecular complexity index is 581. The Morgan fingerprint density at radius 1 is 1.24 bits per heavy atom. The molecule has 0 aromatic heterocycles. The van der Waals surface area contributed by atoms with Crippen molar-refractivity contribution in [2.75, 3.05) is 33.2 Å². The zero-order chi connectivity index (χ0) is 15.5. The molecule has 7 heteroatoms. The smallest absolute Gasteiger partial charge is 0.253 e. The Morgan fingerprint density at radius 2 is 1.90 bits per heavy atom. The fourth-order valence-electron chi connectivity index (χ4n) is 2.36. The molecule has 0 atom stereocenters. The first-order valence-electron chi connectivity index (χ1n) is 7.15. The van der Waals surface area contributed by atoms with Crippen LogP contribution < -0.4 is 4.83 Å². The van der Waals surface area contributed by atoms with Crippen molar-refractivity contribution >= 4 is 10.0 Å². The molecule has 21 heavy (non-hydrogen) atoms. The van der Waals surface area contributed by atoms with Crippen LogP contribution in [0.1, 0.15) is 18.1 Å². The SMILES string of the molecule is CCc1ccc(CO)cc1S(=O)(=O)NN1CCN(C)CC1. The van der Waals surface area contributed by atoms with E-state index in [9.17, 15) is 13.5 Å². The minimum Gasteiger partial charge on any atom is -0.392 e. The quantitative estimate of drug-likeness (QED) is 0.811. The molecule has 1 saturated heterocycles. The van der Waals surface area contributed by atoms with Crippen molar-refractivity contribution in [3.05, 3.63) is 29.3 Å². The lowest BCUT2D eigenvalue weighted by atomic mass is 10.1. The van der Waals surface area contributed by atoms with Gasteiger partial charge in [0, 0.05) is 26.2 Å². The molecule has 118 valence electrons. The molecule has 0 aliphatic carbocycles. The number of hydrazine groups is 1. The molecule has 1 heterocycles. The highest BCUT2D eigenvalue weighted by Gasteiger charge is 2.23. The number of benzene rings is 1. The van der Waals surface area contributed by atoms with Gasteiger partial charge in [0.05, 0.1) is 11.5 Å². The van der Waals surface area contributed by atoms with Gasteiger partial charge >= 0.3 is 0 Å². The van der Waals surface area contributed by atoms with E-state index >= 15 is 0 Å². The predicted octanol–water partition coefficient (Wildman–Crippen LogP) is 0.182. The maximum atomic E-state index is 12.6. The topological polar surface area (TPSA) is 72.9 Å². The number of hydrogen-bond acceptors (Lipinski definition) is 5. The van der Waals surface area contributed by atoms with E-state index in [1.165, 1.54) is 0 Å². The van der Waals surface area contributed by atoms with E-state index in [0.29, 0.717) is 25.1 Å². The molecule has 1 aliphatic heterocycles. The molecule has 1 aliphatic rings. The van der Waals surface area contributed by atoms with Crippen LogP contribution in [0.2, 0.25) is 0 Å². The average Bonchev–Trinajstić information content (AvgIpc) is 2.48. The van der Waals surface area contributed by atoms with E-state index in [-0.39, 0.29) is 11.5 Å². The largest absolute Gasteiger partial charge is 0.392 e. The zero-order valence-corrected chi connectivity index (χ0v) is 13.4. The number of aryl methyl sites for hydroxylation is 1. The number of nitrogens with zero attached hydrogens (tertiary/aromatic N) is 2. The number of nitrogens with one attached hydrogen (secondary N) is 1. The third-order valence-corrected chi connectivity index (χ3v) is 5.19. The molecule has 0 saturated carbocycles. The molecular weight excluding hydrogens is 290 g/mol. The van der Waals surface area contributed by atoms with Crippen molar-refractivity contribution in [3.63, 3.8) is 0 Å². The summed E-state index contributed by atoms with van der Waals surface area (Å²) in [6, 6.07) is 5.08. The monoisotopic (exact) mass is 313 g/mol. The Balaban J connectivity index is 2.22. The van der Waals surface area contributed by atoms with Crippen LogP contribution in [0, 0.1) is 0 Å². The van der Waals surface area contributed by atoms with Crippen LogP contribution in [-0.4, -0.2) is 56.7 Å². The third-order valence-electron chi connectivity index (χ3n) is 3.74. The number of aliphatic hydroxyl groups is 1. The number of aliphatic hydroxyl groups excluding tert-OH is 1. The van der Waals surface area contributed by atoms with Crippen LogP contribution in [0.15, 0.2) is 23.1 Å². The summed E-state index contributed by atoms with van der Waals surface area (Å²) in [5.41, 5.74) is 1.36. The van der Waals surface area contributed by atoms with Crippen LogP contribution in [0.25, 0.3) is 0 Å². The molecule has 0 radical (unpaired) electrons. The third kappa shape index (κ3) is 4.02. The van der Waals surface area contributed by atoms with E-state index in [2.05, 4.69) is 9.73 Å². The highest BCUT2D eigenvalue weighted by Crippen LogP contribution is 2.19. The van der Waals surface area contributed by atoms with Gasteiger partial charge in [-0.25, -0.2) is 13.4 Å². The van der Waals surface area contributed by atoms with Gasteiger partial charge in [-0.1, -0.05) is 19.1 Å². The molecule has 2 N–H and O–H groups in total. The van der Waals surface area contributed by atoms with Gasteiger partial charge in [-0.05, 0) is 30.7 Å². The number of rotatable bonds is 5. The Hall–Kier alpha value is -0.990. The Labute approximate surface area is 126 Å². The van der Waals surface area contributed by atoms with Crippen molar-refractivity contribution in [1.82, 2.24) is 14.7 Å². The van der Waals surface area contributed by atoms with Gasteiger partial charge in [0.1, 0.15) is 0 Å². The normalized spacial score (nSPS) is 18.0. The second kappa shape index (κ2) is 6.85. The highest BCUT2D eigenvalue weighted by molar-refractivity contribution is 7.89. The highest BCUT2D eigenvalue weighted by atomic mass is 32.2. The Morgan fingerprint density at radius 3 is 2.48 bits per heavy atom. The molecule has 1 aromatic carbocycles. The van der Waals surface area contributed by atoms with Crippen molar-refractivity contribution in [1.29, 1.82) is 0 Å². The summed E-state index contributed by atoms with van der Waals surface area (Å²) in [6.45, 7) is 4.75. The van der Waals surface area contributed by atoms with Gasteiger partial charge in [0.15, 0.2) is 0 Å². The number of piperazine rings is 1. The second-order valence-electron chi connectivity index (χ2n) is 5.34. The summed E-state index contributed by atoms with van der Waals surface area (Å²) in [7, 11) is -1.59. The van der Waals surface area contributed by atoms with Crippen LogP contribution in [0.4, 0.5) is 0 Å². The predicted molar refractivity (Wildman–Crippen MR) is 81.1 cm³/mol. The molecule has 1 fully saturated rings. The van der Waals surface area contributed by atoms with Gasteiger partial charge in [0.2, 0.25) is 0 Å². The maximum absolute atomic E-state index is 12.6. The average molecular weight is 313 g/mol. The maximum Gasteiger partial charge on any atom is 0.253 e. The first-order chi connectivity index (χ1) is 9.96. The second-order valence-corrected chi connectivity index (χ2v) is 6.97. The van der Waals surface area contributed by atoms with Crippen molar-refractivity contribution in [2.45, 2.75) is 24.8 Å². The first kappa shape index (κ1) is 16.4. The van der Waals surface area contributed by atoms with Crippen LogP contribution in [0.5, 0.6) is 0 Å². The van der Waals surface area contributed by atoms with Crippen LogP contribution in [-0.2, 0) is 23.1 Å². The van der Waals surface area contributed by atoms with Gasteiger partial charge in [-0.15, -0.1) is 4.83 Å². The van der Waals surface area contributed by atoms with Gasteiger partial charge in [-0.2, -0.15) is 0 Å². The molecule has 0 spiro atoms. The van der Waals surface area contributed by atoms with Crippen LogP contribution >= 0.6 is 0 Å². The minimum atomic E-state index is -3.61. The summed E-state index contributed by atoms with van der Waals surface area (Å²) in [6.07, 6.45) is 0.630. The molecule has 1 aromatic rings. The van der Waals surface area contributed by atoms with Crippen molar-refractivity contribution in [3.8, 4) is 0 Å². The van der Waals surface area contributed by atoms with E-state index in [1.54, 1.807) is 23.2 Å². The molecule has 0 unspecified atom stereocenters. The fourth-order valence-corrected chi connectivity index (χ4v) is 3.84. The van der Waals surface area contributed by atoms with Crippen molar-refractivity contribution < 1.29 is 13.5 Å². The van der Waals surface area contributed by atoms with E-state index in [1.807, 2.05) is 14.0 Å². The van der Waals surface area contributed by atoms with Crippen molar-refractivity contribution in [2.24, 2.45) is 0 Å². The summed E-state index contributed by atoms with van der Waals surface area (Å²) in [5, 5.41) is 10.9. The summed E-state index contributed by atoms with van der Waals surface area (Å²) in [4.78, 5) is 5.08. The lowest BCUT2D eigenvalue weighted by Crippen LogP contribution is -2.52. The fraction of sp³-hybridized carbons (Fsp3) is 0.571. The lowest BCUT2D eigenvalue weighted by Gasteiger charge is -2.32. The summed E-state index contributed by atoms with van der Waals surface area (Å²) < 4.78 is 25.2. The standard InChI is InChI=1S/C14H23N3O3S/c1-3-13-5-4-12(11-18)10-14(13)21(19,20)15-17-8-6-16(2)7-9-17/h4-5,10,15,18H,3,6-9,11H2,1-2H3. The first-order valence-corrected chi connectivity index (χ1v) is 8.63. The lowest BCUT2D eigenvalue weighted by molar-refractivity contribution is 0.135. The summed E-state index contributed by atoms with van der Waals surface area (Å²) >= 11 is 0. The molecular formula is C14H23N3O3S. The van der Waals surface area contributed by atoms with Gasteiger partial charge < -0.3 is 10.0 Å². The molecule has 0 bridgehead atoms. The Kier molecular flexibility index (Phi) is 5.34. The number of hydrogen-bond donors (Lipinski definition) is 2. The van der Waals surface area contributed by atoms with E-state index in [0.717, 1.165) is 18.7 Å². The zero-order valence-electron chi connectivity index (χ0n) is 12.5. The van der Waals surface area contributed by atoms with Crippen LogP contribution in [0.3, 0.4) is 0 Å².